The largest absolute Gasteiger partial charge is 0.428 e. The van der Waals surface area contributed by atoms with Gasteiger partial charge in [-0.05, 0) is 41.1 Å². The summed E-state index contributed by atoms with van der Waals surface area (Å²) in [5, 5.41) is 2.11. The zero-order valence-electron chi connectivity index (χ0n) is 18.0. The highest BCUT2D eigenvalue weighted by molar-refractivity contribution is 7.89. The number of hydrogen-bond acceptors (Lipinski definition) is 6. The number of oxazole rings is 1. The zero-order valence-corrected chi connectivity index (χ0v) is 18.8. The monoisotopic (exact) mass is 445 g/mol. The number of aryl methyl sites for hydroxylation is 1. The van der Waals surface area contributed by atoms with Gasteiger partial charge in [-0.25, -0.2) is 36.0 Å². The Labute approximate surface area is 182 Å². The molecule has 8 nitrogen and oxygen atoms in total. The molecule has 160 valence electrons. The predicted molar refractivity (Wildman–Crippen MR) is 120 cm³/mol. The molecule has 0 aliphatic carbocycles. The average molecular weight is 445 g/mol. The minimum atomic E-state index is -3.99. The summed E-state index contributed by atoms with van der Waals surface area (Å²) < 4.78 is 62.9. The topological polar surface area (TPSA) is 93.6 Å². The fourth-order valence-electron chi connectivity index (χ4n) is 5.11. The van der Waals surface area contributed by atoms with Gasteiger partial charge in [-0.1, -0.05) is 0 Å². The number of sulfonamides is 1. The van der Waals surface area contributed by atoms with Crippen LogP contribution in [0.4, 0.5) is 8.78 Å². The van der Waals surface area contributed by atoms with Gasteiger partial charge in [0.05, 0.1) is 6.20 Å². The van der Waals surface area contributed by atoms with Crippen molar-refractivity contribution in [2.45, 2.75) is 47.9 Å². The van der Waals surface area contributed by atoms with Crippen molar-refractivity contribution in [1.29, 1.82) is 0 Å². The van der Waals surface area contributed by atoms with Crippen molar-refractivity contribution in [3.8, 4) is 0 Å². The van der Waals surface area contributed by atoms with Gasteiger partial charge in [0.2, 0.25) is 0 Å². The molecular formula is C16H21B4F2N5O3S. The summed E-state index contributed by atoms with van der Waals surface area (Å²) in [5.41, 5.74) is 0.708. The van der Waals surface area contributed by atoms with Crippen LogP contribution in [0.25, 0.3) is 5.65 Å². The fraction of sp³-hybridized carbons (Fsp3) is 0.438. The van der Waals surface area contributed by atoms with Crippen LogP contribution in [-0.4, -0.2) is 74.4 Å². The highest BCUT2D eigenvalue weighted by Gasteiger charge is 2.52. The predicted octanol–water partition coefficient (Wildman–Crippen LogP) is -1.63. The number of halogens is 2. The highest BCUT2D eigenvalue weighted by atomic mass is 32.2. The first-order valence-electron chi connectivity index (χ1n) is 9.92. The Balaban J connectivity index is 1.79. The normalized spacial score (nSPS) is 19.9. The van der Waals surface area contributed by atoms with Crippen LogP contribution in [0.5, 0.6) is 0 Å². The van der Waals surface area contributed by atoms with Crippen molar-refractivity contribution < 1.29 is 21.6 Å². The van der Waals surface area contributed by atoms with E-state index in [2.05, 4.69) is 15.1 Å². The molecule has 3 aromatic heterocycles. The molecular weight excluding hydrogens is 424 g/mol. The maximum atomic E-state index is 13.9. The lowest BCUT2D eigenvalue weighted by Crippen LogP contribution is -2.68. The van der Waals surface area contributed by atoms with E-state index in [4.69, 9.17) is 4.42 Å². The summed E-state index contributed by atoms with van der Waals surface area (Å²) in [7, 11) is 3.23. The van der Waals surface area contributed by atoms with Gasteiger partial charge in [0, 0.05) is 18.7 Å². The molecule has 0 N–H and O–H groups in total. The first kappa shape index (κ1) is 22.1. The Morgan fingerprint density at radius 2 is 1.84 bits per heavy atom. The SMILES string of the molecule is BC1(B)CC(c2cn3ncnc3cc2C(F)F)CC(B)(B)N1S(=O)(=O)c1cnc(C)o1. The van der Waals surface area contributed by atoms with E-state index < -0.39 is 27.1 Å². The number of pyridine rings is 1. The second-order valence-corrected chi connectivity index (χ2v) is 11.0. The lowest BCUT2D eigenvalue weighted by Gasteiger charge is -2.54. The molecule has 0 amide bonds. The Kier molecular flexibility index (Phi) is 5.12. The summed E-state index contributed by atoms with van der Waals surface area (Å²) in [6.07, 6.45) is 2.13. The number of fused-ring (bicyclic) bond motifs is 1. The third kappa shape index (κ3) is 3.71. The maximum Gasteiger partial charge on any atom is 0.276 e. The number of alkyl halides is 2. The molecule has 4 rings (SSSR count). The average Bonchev–Trinajstić information content (AvgIpc) is 3.26. The fourth-order valence-corrected chi connectivity index (χ4v) is 7.15. The van der Waals surface area contributed by atoms with Gasteiger partial charge in [0.1, 0.15) is 37.7 Å². The number of rotatable bonds is 4. The van der Waals surface area contributed by atoms with E-state index in [-0.39, 0.29) is 22.5 Å². The van der Waals surface area contributed by atoms with Gasteiger partial charge in [0.15, 0.2) is 11.5 Å². The molecule has 15 heteroatoms. The van der Waals surface area contributed by atoms with Crippen LogP contribution in [0.15, 0.2) is 34.3 Å². The van der Waals surface area contributed by atoms with Gasteiger partial charge < -0.3 is 4.42 Å². The molecule has 4 heterocycles. The summed E-state index contributed by atoms with van der Waals surface area (Å²) in [4.78, 5) is 7.92. The molecule has 0 bridgehead atoms. The third-order valence-electron chi connectivity index (χ3n) is 5.84. The second kappa shape index (κ2) is 7.19. The van der Waals surface area contributed by atoms with Crippen LogP contribution in [0, 0.1) is 6.92 Å². The molecule has 0 aromatic carbocycles. The van der Waals surface area contributed by atoms with E-state index in [0.29, 0.717) is 24.1 Å². The van der Waals surface area contributed by atoms with E-state index in [0.717, 1.165) is 0 Å². The van der Waals surface area contributed by atoms with Crippen molar-refractivity contribution in [3.63, 3.8) is 0 Å². The standard InChI is InChI=1S/C16H21B4F2N5O3S/c1-8-23-5-13(30-8)31(28,29)27-15(17,18)3-9(4-16(27,19)20)11-6-26-12(24-7-25-26)2-10(11)14(21)22/h2,5-7,9,14H,3-4,17-20H2,1H3. The molecule has 0 atom stereocenters. The Morgan fingerprint density at radius 1 is 1.19 bits per heavy atom. The zero-order chi connectivity index (χ0) is 22.8. The summed E-state index contributed by atoms with van der Waals surface area (Å²) in [6, 6.07) is 1.35. The Bertz CT molecular complexity index is 1230. The van der Waals surface area contributed by atoms with E-state index in [9.17, 15) is 17.2 Å². The van der Waals surface area contributed by atoms with Gasteiger partial charge in [-0.2, -0.15) is 5.10 Å². The van der Waals surface area contributed by atoms with Gasteiger partial charge in [-0.15, -0.1) is 0 Å². The molecule has 3 aromatic rings. The van der Waals surface area contributed by atoms with Gasteiger partial charge in [-0.3, -0.25) is 0 Å². The molecule has 1 aliphatic rings. The second-order valence-electron chi connectivity index (χ2n) is 9.25. The third-order valence-corrected chi connectivity index (χ3v) is 8.01. The summed E-state index contributed by atoms with van der Waals surface area (Å²) in [6.45, 7) is 1.58. The van der Waals surface area contributed by atoms with Crippen LogP contribution in [-0.2, 0) is 10.0 Å². The first-order valence-corrected chi connectivity index (χ1v) is 11.4. The van der Waals surface area contributed by atoms with Gasteiger partial charge >= 0.3 is 0 Å². The summed E-state index contributed by atoms with van der Waals surface area (Å²) >= 11 is 0. The maximum absolute atomic E-state index is 13.9. The molecule has 0 unspecified atom stereocenters. The van der Waals surface area contributed by atoms with Crippen molar-refractivity contribution in [2.24, 2.45) is 0 Å². The van der Waals surface area contributed by atoms with Crippen molar-refractivity contribution >= 4 is 47.1 Å². The minimum absolute atomic E-state index is 0.0979. The van der Waals surface area contributed by atoms with E-state index in [1.165, 1.54) is 27.4 Å². The smallest absolute Gasteiger partial charge is 0.276 e. The summed E-state index contributed by atoms with van der Waals surface area (Å²) in [5.74, 6) is -0.0442. The van der Waals surface area contributed by atoms with E-state index in [1.807, 2.05) is 0 Å². The number of aromatic nitrogens is 4. The van der Waals surface area contributed by atoms with Gasteiger partial charge in [0.25, 0.3) is 21.5 Å². The molecule has 0 spiro atoms. The molecule has 0 radical (unpaired) electrons. The minimum Gasteiger partial charge on any atom is -0.428 e. The quantitative estimate of drug-likeness (QED) is 0.449. The molecule has 1 saturated heterocycles. The van der Waals surface area contributed by atoms with Crippen LogP contribution in [0.2, 0.25) is 0 Å². The van der Waals surface area contributed by atoms with Crippen LogP contribution >= 0.6 is 0 Å². The lowest BCUT2D eigenvalue weighted by atomic mass is 9.46. The molecule has 31 heavy (non-hydrogen) atoms. The Morgan fingerprint density at radius 3 is 2.39 bits per heavy atom. The number of nitrogens with zero attached hydrogens (tertiary/aromatic N) is 5. The van der Waals surface area contributed by atoms with Crippen molar-refractivity contribution in [1.82, 2.24) is 23.9 Å². The lowest BCUT2D eigenvalue weighted by molar-refractivity contribution is 0.146. The van der Waals surface area contributed by atoms with Crippen LogP contribution in [0.1, 0.15) is 42.2 Å². The van der Waals surface area contributed by atoms with E-state index in [1.54, 1.807) is 44.5 Å². The van der Waals surface area contributed by atoms with Crippen molar-refractivity contribution in [2.75, 3.05) is 0 Å². The van der Waals surface area contributed by atoms with E-state index >= 15 is 0 Å². The molecule has 1 fully saturated rings. The first-order chi connectivity index (χ1) is 14.3. The van der Waals surface area contributed by atoms with Crippen molar-refractivity contribution in [3.05, 3.63) is 41.8 Å². The van der Waals surface area contributed by atoms with Crippen LogP contribution < -0.4 is 0 Å². The number of piperidine rings is 1. The Hall–Kier alpha value is -2.14. The molecule has 1 aliphatic heterocycles. The molecule has 0 saturated carbocycles. The highest BCUT2D eigenvalue weighted by Crippen LogP contribution is 2.46. The number of hydrogen-bond donors (Lipinski definition) is 0. The van der Waals surface area contributed by atoms with Crippen LogP contribution in [0.3, 0.4) is 0 Å².